The Labute approximate surface area is 196 Å². The van der Waals surface area contributed by atoms with Crippen molar-refractivity contribution in [3.05, 3.63) is 65.2 Å². The Morgan fingerprint density at radius 3 is 2.50 bits per heavy atom. The first-order valence-electron chi connectivity index (χ1n) is 9.60. The Bertz CT molecular complexity index is 920. The van der Waals surface area contributed by atoms with Crippen LogP contribution in [0.5, 0.6) is 5.75 Å². The molecule has 0 aromatic heterocycles. The van der Waals surface area contributed by atoms with Crippen LogP contribution in [0.1, 0.15) is 23.6 Å². The maximum absolute atomic E-state index is 11.7. The fourth-order valence-corrected chi connectivity index (χ4v) is 3.61. The molecule has 0 unspecified atom stereocenters. The lowest BCUT2D eigenvalue weighted by Gasteiger charge is -2.13. The molecular formula is C21H31IN4O3S. The molecule has 2 rings (SSSR count). The Morgan fingerprint density at radius 1 is 1.07 bits per heavy atom. The second kappa shape index (κ2) is 13.5. The summed E-state index contributed by atoms with van der Waals surface area (Å²) in [7, 11) is -0.200. The van der Waals surface area contributed by atoms with E-state index in [1.807, 2.05) is 43.3 Å². The number of nitrogens with zero attached hydrogens (tertiary/aromatic N) is 1. The summed E-state index contributed by atoms with van der Waals surface area (Å²) < 4.78 is 31.2. The lowest BCUT2D eigenvalue weighted by molar-refractivity contribution is 0.409. The smallest absolute Gasteiger partial charge is 0.215 e. The Balaban J connectivity index is 0.00000450. The molecule has 2 aromatic rings. The van der Waals surface area contributed by atoms with Crippen LogP contribution in [0.4, 0.5) is 0 Å². The van der Waals surface area contributed by atoms with Crippen LogP contribution < -0.4 is 20.1 Å². The molecule has 0 radical (unpaired) electrons. The van der Waals surface area contributed by atoms with Crippen LogP contribution in [0.2, 0.25) is 0 Å². The van der Waals surface area contributed by atoms with Gasteiger partial charge in [-0.1, -0.05) is 42.5 Å². The highest BCUT2D eigenvalue weighted by Crippen LogP contribution is 2.17. The lowest BCUT2D eigenvalue weighted by atomic mass is 10.1. The minimum absolute atomic E-state index is 0. The fourth-order valence-electron chi connectivity index (χ4n) is 2.85. The molecule has 7 nitrogen and oxygen atoms in total. The molecule has 0 spiro atoms. The van der Waals surface area contributed by atoms with Gasteiger partial charge in [-0.25, -0.2) is 18.1 Å². The standard InChI is InChI=1S/C21H30N4O3S.HI/c1-4-23-21(24-13-12-19-10-5-6-11-20(19)28-3)25-15-17-8-7-9-18(14-17)16-29(26,27)22-2;/h5-11,14,22H,4,12-13,15-16H2,1-3H3,(H2,23,24,25);1H. The van der Waals surface area contributed by atoms with Crippen molar-refractivity contribution in [2.45, 2.75) is 25.6 Å². The number of hydrogen-bond donors (Lipinski definition) is 3. The largest absolute Gasteiger partial charge is 0.496 e. The Morgan fingerprint density at radius 2 is 1.80 bits per heavy atom. The number of rotatable bonds is 10. The molecule has 0 fully saturated rings. The molecular weight excluding hydrogens is 515 g/mol. The van der Waals surface area contributed by atoms with E-state index in [4.69, 9.17) is 4.74 Å². The van der Waals surface area contributed by atoms with E-state index in [1.54, 1.807) is 13.2 Å². The molecule has 2 aromatic carbocycles. The van der Waals surface area contributed by atoms with Gasteiger partial charge in [0, 0.05) is 13.1 Å². The number of halogens is 1. The summed E-state index contributed by atoms with van der Waals surface area (Å²) in [4.78, 5) is 4.61. The Kier molecular flexibility index (Phi) is 11.7. The maximum atomic E-state index is 11.7. The highest BCUT2D eigenvalue weighted by atomic mass is 127. The molecule has 0 aliphatic carbocycles. The predicted molar refractivity (Wildman–Crippen MR) is 133 cm³/mol. The minimum Gasteiger partial charge on any atom is -0.496 e. The van der Waals surface area contributed by atoms with Gasteiger partial charge >= 0.3 is 0 Å². The number of benzene rings is 2. The number of para-hydroxylation sites is 1. The third kappa shape index (κ3) is 8.88. The van der Waals surface area contributed by atoms with Crippen LogP contribution in [0.25, 0.3) is 0 Å². The number of aliphatic imine (C=N–C) groups is 1. The minimum atomic E-state index is -3.29. The number of sulfonamides is 1. The van der Waals surface area contributed by atoms with Crippen molar-refractivity contribution in [1.82, 2.24) is 15.4 Å². The summed E-state index contributed by atoms with van der Waals surface area (Å²) >= 11 is 0. The van der Waals surface area contributed by atoms with E-state index in [2.05, 4.69) is 26.4 Å². The van der Waals surface area contributed by atoms with Gasteiger partial charge in [0.05, 0.1) is 19.4 Å². The molecule has 0 amide bonds. The number of ether oxygens (including phenoxy) is 1. The van der Waals surface area contributed by atoms with Crippen molar-refractivity contribution in [1.29, 1.82) is 0 Å². The number of methoxy groups -OCH3 is 1. The van der Waals surface area contributed by atoms with Crippen LogP contribution in [-0.2, 0) is 28.7 Å². The molecule has 0 atom stereocenters. The van der Waals surface area contributed by atoms with Crippen LogP contribution in [0, 0.1) is 0 Å². The molecule has 0 aliphatic rings. The van der Waals surface area contributed by atoms with Gasteiger partial charge in [0.1, 0.15) is 5.75 Å². The molecule has 166 valence electrons. The van der Waals surface area contributed by atoms with E-state index < -0.39 is 10.0 Å². The number of nitrogens with one attached hydrogen (secondary N) is 3. The van der Waals surface area contributed by atoms with Gasteiger partial charge in [-0.15, -0.1) is 24.0 Å². The topological polar surface area (TPSA) is 91.8 Å². The van der Waals surface area contributed by atoms with E-state index in [1.165, 1.54) is 7.05 Å². The zero-order chi connectivity index (χ0) is 21.1. The van der Waals surface area contributed by atoms with Crippen LogP contribution in [0.15, 0.2) is 53.5 Å². The van der Waals surface area contributed by atoms with Crippen LogP contribution in [-0.4, -0.2) is 41.6 Å². The summed E-state index contributed by atoms with van der Waals surface area (Å²) in [6.07, 6.45) is 0.811. The van der Waals surface area contributed by atoms with E-state index in [-0.39, 0.29) is 29.7 Å². The fraction of sp³-hybridized carbons (Fsp3) is 0.381. The summed E-state index contributed by atoms with van der Waals surface area (Å²) in [5.74, 6) is 1.55. The monoisotopic (exact) mass is 546 g/mol. The first-order valence-corrected chi connectivity index (χ1v) is 11.3. The molecule has 0 bridgehead atoms. The SMILES string of the molecule is CCNC(=NCc1cccc(CS(=O)(=O)NC)c1)NCCc1ccccc1OC.I. The third-order valence-corrected chi connectivity index (χ3v) is 5.64. The highest BCUT2D eigenvalue weighted by molar-refractivity contribution is 14.0. The van der Waals surface area contributed by atoms with Gasteiger partial charge in [-0.05, 0) is 43.1 Å². The first kappa shape index (κ1) is 26.2. The van der Waals surface area contributed by atoms with Crippen molar-refractivity contribution in [3.8, 4) is 5.75 Å². The van der Waals surface area contributed by atoms with Gasteiger partial charge in [-0.2, -0.15) is 0 Å². The second-order valence-electron chi connectivity index (χ2n) is 6.47. The summed E-state index contributed by atoms with van der Waals surface area (Å²) in [6, 6.07) is 15.4. The first-order chi connectivity index (χ1) is 14.0. The lowest BCUT2D eigenvalue weighted by Crippen LogP contribution is -2.38. The normalized spacial score (nSPS) is 11.5. The quantitative estimate of drug-likeness (QED) is 0.242. The summed E-state index contributed by atoms with van der Waals surface area (Å²) in [6.45, 7) is 3.94. The van der Waals surface area contributed by atoms with Crippen molar-refractivity contribution in [3.63, 3.8) is 0 Å². The average molecular weight is 546 g/mol. The molecule has 0 heterocycles. The summed E-state index contributed by atoms with van der Waals surface area (Å²) in [5.41, 5.74) is 2.83. The third-order valence-electron chi connectivity index (χ3n) is 4.30. The molecule has 0 saturated heterocycles. The van der Waals surface area contributed by atoms with Crippen molar-refractivity contribution >= 4 is 40.0 Å². The molecule has 0 saturated carbocycles. The highest BCUT2D eigenvalue weighted by Gasteiger charge is 2.09. The summed E-state index contributed by atoms with van der Waals surface area (Å²) in [5, 5.41) is 6.56. The molecule has 0 aliphatic heterocycles. The van der Waals surface area contributed by atoms with Crippen molar-refractivity contribution in [2.75, 3.05) is 27.2 Å². The maximum Gasteiger partial charge on any atom is 0.215 e. The van der Waals surface area contributed by atoms with Crippen molar-refractivity contribution in [2.24, 2.45) is 4.99 Å². The van der Waals surface area contributed by atoms with E-state index in [0.717, 1.165) is 41.4 Å². The van der Waals surface area contributed by atoms with Gasteiger partial charge in [0.2, 0.25) is 10.0 Å². The second-order valence-corrected chi connectivity index (χ2v) is 8.39. The predicted octanol–water partition coefficient (Wildman–Crippen LogP) is 2.66. The van der Waals surface area contributed by atoms with E-state index >= 15 is 0 Å². The van der Waals surface area contributed by atoms with Crippen LogP contribution >= 0.6 is 24.0 Å². The van der Waals surface area contributed by atoms with Gasteiger partial charge in [0.15, 0.2) is 5.96 Å². The number of guanidine groups is 1. The van der Waals surface area contributed by atoms with E-state index in [9.17, 15) is 8.42 Å². The van der Waals surface area contributed by atoms with Gasteiger partial charge in [0.25, 0.3) is 0 Å². The van der Waals surface area contributed by atoms with Crippen molar-refractivity contribution < 1.29 is 13.2 Å². The molecule has 30 heavy (non-hydrogen) atoms. The Hall–Kier alpha value is -1.85. The van der Waals surface area contributed by atoms with Gasteiger partial charge < -0.3 is 15.4 Å². The molecule has 3 N–H and O–H groups in total. The van der Waals surface area contributed by atoms with Gasteiger partial charge in [-0.3, -0.25) is 0 Å². The average Bonchev–Trinajstić information content (AvgIpc) is 2.72. The molecule has 9 heteroatoms. The zero-order valence-corrected chi connectivity index (χ0v) is 20.8. The van der Waals surface area contributed by atoms with E-state index in [0.29, 0.717) is 13.1 Å². The zero-order valence-electron chi connectivity index (χ0n) is 17.6. The number of hydrogen-bond acceptors (Lipinski definition) is 4. The van der Waals surface area contributed by atoms with Crippen LogP contribution in [0.3, 0.4) is 0 Å².